The van der Waals surface area contributed by atoms with Gasteiger partial charge in [-0.3, -0.25) is 9.36 Å². The predicted octanol–water partition coefficient (Wildman–Crippen LogP) is 3.52. The summed E-state index contributed by atoms with van der Waals surface area (Å²) in [5, 5.41) is 10.1. The van der Waals surface area contributed by atoms with Crippen LogP contribution >= 0.6 is 11.3 Å². The third-order valence-corrected chi connectivity index (χ3v) is 8.69. The molecule has 0 spiro atoms. The number of thiazole rings is 1. The fourth-order valence-electron chi connectivity index (χ4n) is 3.77. The first-order valence-corrected chi connectivity index (χ1v) is 13.5. The van der Waals surface area contributed by atoms with E-state index in [9.17, 15) is 18.5 Å². The Labute approximate surface area is 214 Å². The Balaban J connectivity index is 2.10. The molecule has 0 unspecified atom stereocenters. The summed E-state index contributed by atoms with van der Waals surface area (Å²) in [6.45, 7) is 3.75. The lowest BCUT2D eigenvalue weighted by Crippen LogP contribution is -2.32. The van der Waals surface area contributed by atoms with Crippen molar-refractivity contribution in [3.05, 3.63) is 109 Å². The molecule has 0 radical (unpaired) electrons. The molecule has 36 heavy (non-hydrogen) atoms. The summed E-state index contributed by atoms with van der Waals surface area (Å²) in [5.41, 5.74) is 3.68. The quantitative estimate of drug-likeness (QED) is 0.406. The number of hydrogen-bond acceptors (Lipinski definition) is 6. The topological polar surface area (TPSA) is 83.2 Å². The van der Waals surface area contributed by atoms with Crippen molar-refractivity contribution in [1.82, 2.24) is 4.57 Å². The van der Waals surface area contributed by atoms with Gasteiger partial charge in [-0.25, -0.2) is 8.42 Å². The first-order chi connectivity index (χ1) is 17.1. The van der Waals surface area contributed by atoms with Crippen LogP contribution in [0, 0.1) is 25.2 Å². The second kappa shape index (κ2) is 9.97. The van der Waals surface area contributed by atoms with Crippen LogP contribution in [0.1, 0.15) is 16.7 Å². The second-order valence-corrected chi connectivity index (χ2v) is 11.5. The van der Waals surface area contributed by atoms with Crippen molar-refractivity contribution < 1.29 is 8.42 Å². The van der Waals surface area contributed by atoms with Crippen molar-refractivity contribution in [2.24, 2.45) is 0 Å². The smallest absolute Gasteiger partial charge is 0.273 e. The number of aromatic nitrogens is 1. The Kier molecular flexibility index (Phi) is 6.97. The molecule has 0 aliphatic heterocycles. The maximum Gasteiger partial charge on any atom is 0.273 e. The number of anilines is 1. The first-order valence-electron chi connectivity index (χ1n) is 11.2. The first kappa shape index (κ1) is 25.2. The molecule has 0 aliphatic carbocycles. The lowest BCUT2D eigenvalue weighted by Gasteiger charge is -2.11. The van der Waals surface area contributed by atoms with E-state index in [-0.39, 0.29) is 15.1 Å². The van der Waals surface area contributed by atoms with E-state index in [0.717, 1.165) is 33.7 Å². The van der Waals surface area contributed by atoms with Gasteiger partial charge in [0.1, 0.15) is 10.7 Å². The van der Waals surface area contributed by atoms with Gasteiger partial charge in [0.05, 0.1) is 15.1 Å². The molecule has 0 atom stereocenters. The summed E-state index contributed by atoms with van der Waals surface area (Å²) in [7, 11) is -0.274. The van der Waals surface area contributed by atoms with E-state index in [1.165, 1.54) is 16.7 Å². The predicted molar refractivity (Wildman–Crippen MR) is 146 cm³/mol. The van der Waals surface area contributed by atoms with Crippen molar-refractivity contribution in [2.45, 2.75) is 18.7 Å². The summed E-state index contributed by atoms with van der Waals surface area (Å²) < 4.78 is 28.8. The Bertz CT molecular complexity index is 1760. The lowest BCUT2D eigenvalue weighted by molar-refractivity contribution is 0.606. The Hall–Kier alpha value is -3.93. The van der Waals surface area contributed by atoms with Crippen LogP contribution in [0.15, 0.2) is 82.5 Å². The minimum atomic E-state index is -4.16. The van der Waals surface area contributed by atoms with Crippen LogP contribution in [0.2, 0.25) is 0 Å². The highest BCUT2D eigenvalue weighted by Crippen LogP contribution is 2.20. The Morgan fingerprint density at radius 3 is 2.28 bits per heavy atom. The summed E-state index contributed by atoms with van der Waals surface area (Å²) >= 11 is 1.00. The van der Waals surface area contributed by atoms with Crippen molar-refractivity contribution in [3.63, 3.8) is 0 Å². The summed E-state index contributed by atoms with van der Waals surface area (Å²) in [4.78, 5) is 15.2. The molecule has 6 nitrogen and oxygen atoms in total. The standard InChI is InChI=1S/C28H25N3O3S2/c1-19-10-11-20(2)24(16-19)31-27(32)25(17-21-12-14-22(15-13-21)30(3)4)35-28(31)26(18-29)36(33,34)23-8-6-5-7-9-23/h5-17H,1-4H3/b25-17-,28-26-. The van der Waals surface area contributed by atoms with E-state index in [4.69, 9.17) is 0 Å². The zero-order valence-corrected chi connectivity index (χ0v) is 22.0. The largest absolute Gasteiger partial charge is 0.378 e. The number of nitrogens with zero attached hydrogens (tertiary/aromatic N) is 3. The minimum Gasteiger partial charge on any atom is -0.378 e. The fraction of sp³-hybridized carbons (Fsp3) is 0.143. The van der Waals surface area contributed by atoms with Crippen LogP contribution in [0.25, 0.3) is 16.7 Å². The van der Waals surface area contributed by atoms with Crippen LogP contribution in [0.4, 0.5) is 5.69 Å². The number of aryl methyl sites for hydroxylation is 2. The van der Waals surface area contributed by atoms with E-state index in [1.807, 2.05) is 81.4 Å². The van der Waals surface area contributed by atoms with Gasteiger partial charge < -0.3 is 4.90 Å². The van der Waals surface area contributed by atoms with Gasteiger partial charge in [0.2, 0.25) is 9.84 Å². The van der Waals surface area contributed by atoms with Gasteiger partial charge in [-0.1, -0.05) is 42.5 Å². The zero-order valence-electron chi connectivity index (χ0n) is 20.4. The van der Waals surface area contributed by atoms with Gasteiger partial charge in [-0.15, -0.1) is 11.3 Å². The molecule has 1 heterocycles. The highest BCUT2D eigenvalue weighted by atomic mass is 32.2. The summed E-state index contributed by atoms with van der Waals surface area (Å²) in [5.74, 6) is 0. The van der Waals surface area contributed by atoms with Gasteiger partial charge in [0, 0.05) is 19.8 Å². The van der Waals surface area contributed by atoms with Crippen molar-refractivity contribution in [2.75, 3.05) is 19.0 Å². The van der Waals surface area contributed by atoms with Crippen LogP contribution in [-0.2, 0) is 9.84 Å². The van der Waals surface area contributed by atoms with Gasteiger partial charge in [-0.2, -0.15) is 5.26 Å². The highest BCUT2D eigenvalue weighted by Gasteiger charge is 2.25. The monoisotopic (exact) mass is 515 g/mol. The molecular weight excluding hydrogens is 490 g/mol. The number of sulfone groups is 1. The van der Waals surface area contributed by atoms with Gasteiger partial charge in [0.25, 0.3) is 5.56 Å². The highest BCUT2D eigenvalue weighted by molar-refractivity contribution is 8.00. The average molecular weight is 516 g/mol. The SMILES string of the molecule is Cc1ccc(C)c(-n2c(=O)/c(=C/c3ccc(N(C)C)cc3)s/c2=C(/C#N)S(=O)(=O)c2ccccc2)c1. The third-order valence-electron chi connectivity index (χ3n) is 5.75. The third kappa shape index (κ3) is 4.76. The summed E-state index contributed by atoms with van der Waals surface area (Å²) in [6, 6.07) is 23.0. The normalized spacial score (nSPS) is 12.8. The van der Waals surface area contributed by atoms with E-state index < -0.39 is 14.7 Å². The molecule has 4 aromatic rings. The maximum atomic E-state index is 13.7. The van der Waals surface area contributed by atoms with Crippen molar-refractivity contribution in [3.8, 4) is 11.8 Å². The van der Waals surface area contributed by atoms with Gasteiger partial charge in [-0.05, 0) is 66.9 Å². The number of rotatable bonds is 5. The number of benzene rings is 3. The molecule has 0 N–H and O–H groups in total. The van der Waals surface area contributed by atoms with Crippen molar-refractivity contribution in [1.29, 1.82) is 5.26 Å². The summed E-state index contributed by atoms with van der Waals surface area (Å²) in [6.07, 6.45) is 1.72. The van der Waals surface area contributed by atoms with Crippen LogP contribution < -0.4 is 19.7 Å². The molecular formula is C28H25N3O3S2. The second-order valence-electron chi connectivity index (χ2n) is 8.59. The molecule has 3 aromatic carbocycles. The molecule has 0 aliphatic rings. The number of hydrogen-bond donors (Lipinski definition) is 0. The Morgan fingerprint density at radius 2 is 1.67 bits per heavy atom. The van der Waals surface area contributed by atoms with E-state index >= 15 is 0 Å². The molecule has 8 heteroatoms. The van der Waals surface area contributed by atoms with Gasteiger partial charge >= 0.3 is 0 Å². The zero-order chi connectivity index (χ0) is 26.0. The molecule has 4 rings (SSSR count). The van der Waals surface area contributed by atoms with Crippen LogP contribution in [0.5, 0.6) is 0 Å². The number of nitriles is 1. The minimum absolute atomic E-state index is 0.000262. The van der Waals surface area contributed by atoms with Crippen molar-refractivity contribution >= 4 is 37.8 Å². The van der Waals surface area contributed by atoms with Gasteiger partial charge in [0.15, 0.2) is 4.91 Å². The average Bonchev–Trinajstić information content (AvgIpc) is 3.16. The molecule has 0 saturated heterocycles. The molecule has 182 valence electrons. The molecule has 0 amide bonds. The molecule has 0 fully saturated rings. The maximum absolute atomic E-state index is 13.7. The van der Waals surface area contributed by atoms with E-state index in [0.29, 0.717) is 10.2 Å². The van der Waals surface area contributed by atoms with E-state index in [1.54, 1.807) is 24.3 Å². The Morgan fingerprint density at radius 1 is 1.00 bits per heavy atom. The lowest BCUT2D eigenvalue weighted by atomic mass is 10.1. The van der Waals surface area contributed by atoms with Crippen LogP contribution in [0.3, 0.4) is 0 Å². The molecule has 1 aromatic heterocycles. The fourth-order valence-corrected chi connectivity index (χ4v) is 6.41. The molecule has 0 saturated carbocycles. The van der Waals surface area contributed by atoms with E-state index in [2.05, 4.69) is 0 Å². The van der Waals surface area contributed by atoms with Crippen LogP contribution in [-0.4, -0.2) is 27.1 Å². The molecule has 0 bridgehead atoms.